The molecule has 1 aliphatic heterocycles. The molecule has 2 aromatic carbocycles. The lowest BCUT2D eigenvalue weighted by Gasteiger charge is -2.36. The third-order valence-corrected chi connectivity index (χ3v) is 5.09. The van der Waals surface area contributed by atoms with E-state index in [1.165, 1.54) is 23.4 Å². The molecule has 0 unspecified atom stereocenters. The second-order valence-electron chi connectivity index (χ2n) is 6.90. The van der Waals surface area contributed by atoms with E-state index >= 15 is 0 Å². The van der Waals surface area contributed by atoms with Crippen molar-refractivity contribution in [1.82, 2.24) is 10.2 Å². The van der Waals surface area contributed by atoms with Crippen LogP contribution in [-0.4, -0.2) is 50.1 Å². The number of anilines is 1. The molecule has 1 saturated heterocycles. The average Bonchev–Trinajstić information content (AvgIpc) is 2.65. The zero-order chi connectivity index (χ0) is 19.2. The fourth-order valence-corrected chi connectivity index (χ4v) is 3.49. The standard InChI is InChI=1S/C21H25ClFN3O/c1-16-4-2-5-18(14-16)26-12-10-25(11-13-26)9-3-8-24-21(27)19-7-6-17(22)15-20(19)23/h2,4-7,14-15H,3,8-13H2,1H3,(H,24,27). The molecule has 2 aromatic rings. The predicted molar refractivity (Wildman–Crippen MR) is 108 cm³/mol. The summed E-state index contributed by atoms with van der Waals surface area (Å²) in [6.45, 7) is 7.59. The van der Waals surface area contributed by atoms with Crippen molar-refractivity contribution < 1.29 is 9.18 Å². The molecule has 4 nitrogen and oxygen atoms in total. The highest BCUT2D eigenvalue weighted by Gasteiger charge is 2.17. The number of carbonyl (C=O) groups is 1. The average molecular weight is 390 g/mol. The molecular weight excluding hydrogens is 365 g/mol. The predicted octanol–water partition coefficient (Wildman–Crippen LogP) is 3.73. The molecule has 1 aliphatic rings. The lowest BCUT2D eigenvalue weighted by atomic mass is 10.2. The Bertz CT molecular complexity index is 791. The first-order valence-corrected chi connectivity index (χ1v) is 9.68. The molecule has 1 heterocycles. The Balaban J connectivity index is 1.37. The van der Waals surface area contributed by atoms with Gasteiger partial charge in [-0.25, -0.2) is 4.39 Å². The number of hydrogen-bond acceptors (Lipinski definition) is 3. The summed E-state index contributed by atoms with van der Waals surface area (Å²) < 4.78 is 13.7. The zero-order valence-corrected chi connectivity index (χ0v) is 16.3. The van der Waals surface area contributed by atoms with Crippen LogP contribution in [0.3, 0.4) is 0 Å². The van der Waals surface area contributed by atoms with E-state index in [1.807, 2.05) is 0 Å². The minimum atomic E-state index is -0.590. The fourth-order valence-electron chi connectivity index (χ4n) is 3.33. The van der Waals surface area contributed by atoms with Gasteiger partial charge in [0.2, 0.25) is 0 Å². The van der Waals surface area contributed by atoms with Crippen LogP contribution in [0.1, 0.15) is 22.3 Å². The van der Waals surface area contributed by atoms with E-state index in [2.05, 4.69) is 46.3 Å². The topological polar surface area (TPSA) is 35.6 Å². The third kappa shape index (κ3) is 5.44. The fraction of sp³-hybridized carbons (Fsp3) is 0.381. The van der Waals surface area contributed by atoms with Crippen molar-refractivity contribution in [1.29, 1.82) is 0 Å². The maximum atomic E-state index is 13.7. The molecule has 0 aliphatic carbocycles. The molecule has 0 radical (unpaired) electrons. The molecule has 27 heavy (non-hydrogen) atoms. The summed E-state index contributed by atoms with van der Waals surface area (Å²) in [5.74, 6) is -0.985. The number of nitrogens with one attached hydrogen (secondary N) is 1. The SMILES string of the molecule is Cc1cccc(N2CCN(CCCNC(=O)c3ccc(Cl)cc3F)CC2)c1. The molecule has 1 fully saturated rings. The van der Waals surface area contributed by atoms with Crippen LogP contribution < -0.4 is 10.2 Å². The van der Waals surface area contributed by atoms with Crippen molar-refractivity contribution >= 4 is 23.2 Å². The maximum Gasteiger partial charge on any atom is 0.254 e. The van der Waals surface area contributed by atoms with Crippen LogP contribution in [0.2, 0.25) is 5.02 Å². The van der Waals surface area contributed by atoms with Gasteiger partial charge >= 0.3 is 0 Å². The number of rotatable bonds is 6. The van der Waals surface area contributed by atoms with Gasteiger partial charge in [-0.05, 0) is 55.8 Å². The lowest BCUT2D eigenvalue weighted by molar-refractivity contribution is 0.0947. The Labute approximate surface area is 164 Å². The van der Waals surface area contributed by atoms with Gasteiger partial charge in [-0.3, -0.25) is 9.69 Å². The van der Waals surface area contributed by atoms with Gasteiger partial charge in [0.1, 0.15) is 5.82 Å². The number of benzene rings is 2. The third-order valence-electron chi connectivity index (χ3n) is 4.85. The van der Waals surface area contributed by atoms with Gasteiger partial charge in [0, 0.05) is 43.4 Å². The Morgan fingerprint density at radius 2 is 1.93 bits per heavy atom. The summed E-state index contributed by atoms with van der Waals surface area (Å²) in [4.78, 5) is 16.9. The number of halogens is 2. The van der Waals surface area contributed by atoms with Crippen molar-refractivity contribution in [2.24, 2.45) is 0 Å². The van der Waals surface area contributed by atoms with Crippen molar-refractivity contribution in [3.8, 4) is 0 Å². The van der Waals surface area contributed by atoms with Crippen LogP contribution in [0.25, 0.3) is 0 Å². The number of nitrogens with zero attached hydrogens (tertiary/aromatic N) is 2. The molecule has 0 atom stereocenters. The van der Waals surface area contributed by atoms with Crippen LogP contribution in [0, 0.1) is 12.7 Å². The van der Waals surface area contributed by atoms with E-state index in [0.29, 0.717) is 6.54 Å². The molecule has 144 valence electrons. The van der Waals surface area contributed by atoms with Gasteiger partial charge in [0.25, 0.3) is 5.91 Å². The molecule has 0 saturated carbocycles. The van der Waals surface area contributed by atoms with Gasteiger partial charge in [-0.15, -0.1) is 0 Å². The molecule has 0 spiro atoms. The first-order valence-electron chi connectivity index (χ1n) is 9.30. The maximum absolute atomic E-state index is 13.7. The Hall–Kier alpha value is -2.11. The normalized spacial score (nSPS) is 15.0. The van der Waals surface area contributed by atoms with E-state index in [4.69, 9.17) is 11.6 Å². The second kappa shape index (κ2) is 9.20. The molecule has 1 N–H and O–H groups in total. The summed E-state index contributed by atoms with van der Waals surface area (Å²) in [5, 5.41) is 3.07. The van der Waals surface area contributed by atoms with Crippen molar-refractivity contribution in [2.45, 2.75) is 13.3 Å². The van der Waals surface area contributed by atoms with Crippen molar-refractivity contribution in [3.63, 3.8) is 0 Å². The van der Waals surface area contributed by atoms with Crippen LogP contribution in [0.15, 0.2) is 42.5 Å². The van der Waals surface area contributed by atoms with Crippen LogP contribution in [0.5, 0.6) is 0 Å². The van der Waals surface area contributed by atoms with Crippen LogP contribution >= 0.6 is 11.6 Å². The van der Waals surface area contributed by atoms with Crippen LogP contribution in [0.4, 0.5) is 10.1 Å². The second-order valence-corrected chi connectivity index (χ2v) is 7.34. The number of hydrogen-bond donors (Lipinski definition) is 1. The smallest absolute Gasteiger partial charge is 0.254 e. The zero-order valence-electron chi connectivity index (χ0n) is 15.5. The summed E-state index contributed by atoms with van der Waals surface area (Å²) in [7, 11) is 0. The quantitative estimate of drug-likeness (QED) is 0.764. The van der Waals surface area contributed by atoms with E-state index in [1.54, 1.807) is 0 Å². The largest absolute Gasteiger partial charge is 0.369 e. The monoisotopic (exact) mass is 389 g/mol. The van der Waals surface area contributed by atoms with E-state index < -0.39 is 11.7 Å². The molecule has 6 heteroatoms. The van der Waals surface area contributed by atoms with Crippen molar-refractivity contribution in [3.05, 3.63) is 64.4 Å². The lowest BCUT2D eigenvalue weighted by Crippen LogP contribution is -2.47. The molecule has 0 aromatic heterocycles. The summed E-state index contributed by atoms with van der Waals surface area (Å²) in [6, 6.07) is 12.7. The Kier molecular flexibility index (Phi) is 6.69. The Morgan fingerprint density at radius 3 is 2.63 bits per heavy atom. The summed E-state index contributed by atoms with van der Waals surface area (Å²) >= 11 is 5.71. The first-order chi connectivity index (χ1) is 13.0. The minimum Gasteiger partial charge on any atom is -0.369 e. The Morgan fingerprint density at radius 1 is 1.15 bits per heavy atom. The highest BCUT2D eigenvalue weighted by molar-refractivity contribution is 6.30. The van der Waals surface area contributed by atoms with Crippen LogP contribution in [-0.2, 0) is 0 Å². The summed E-state index contributed by atoms with van der Waals surface area (Å²) in [5.41, 5.74) is 2.60. The molecule has 1 amide bonds. The number of piperazine rings is 1. The number of carbonyl (C=O) groups excluding carboxylic acids is 1. The van der Waals surface area contributed by atoms with Gasteiger partial charge in [-0.2, -0.15) is 0 Å². The van der Waals surface area contributed by atoms with Gasteiger partial charge in [0.15, 0.2) is 0 Å². The van der Waals surface area contributed by atoms with E-state index in [0.717, 1.165) is 45.2 Å². The molecule has 3 rings (SSSR count). The highest BCUT2D eigenvalue weighted by atomic mass is 35.5. The van der Waals surface area contributed by atoms with Gasteiger partial charge in [-0.1, -0.05) is 23.7 Å². The first kappa shape index (κ1) is 19.6. The van der Waals surface area contributed by atoms with E-state index in [-0.39, 0.29) is 10.6 Å². The number of amides is 1. The van der Waals surface area contributed by atoms with Gasteiger partial charge in [0.05, 0.1) is 5.56 Å². The molecule has 0 bridgehead atoms. The van der Waals surface area contributed by atoms with Gasteiger partial charge < -0.3 is 10.2 Å². The highest BCUT2D eigenvalue weighted by Crippen LogP contribution is 2.18. The summed E-state index contributed by atoms with van der Waals surface area (Å²) in [6.07, 6.45) is 0.839. The number of aryl methyl sites for hydroxylation is 1. The molecular formula is C21H25ClFN3O. The van der Waals surface area contributed by atoms with E-state index in [9.17, 15) is 9.18 Å². The minimum absolute atomic E-state index is 0.0335. The van der Waals surface area contributed by atoms with Crippen molar-refractivity contribution in [2.75, 3.05) is 44.2 Å².